The Morgan fingerprint density at radius 3 is 2.50 bits per heavy atom. The van der Waals surface area contributed by atoms with Crippen molar-refractivity contribution < 1.29 is 0 Å². The fourth-order valence-electron chi connectivity index (χ4n) is 1.35. The maximum absolute atomic E-state index is 3.54. The molecule has 2 nitrogen and oxygen atoms in total. The molecule has 0 rings (SSSR count). The minimum Gasteiger partial charge on any atom is -0.313 e. The second-order valence-electron chi connectivity index (χ2n) is 3.92. The van der Waals surface area contributed by atoms with Gasteiger partial charge in [0.2, 0.25) is 0 Å². The summed E-state index contributed by atoms with van der Waals surface area (Å²) < 4.78 is 0. The molecule has 1 N–H and O–H groups in total. The third kappa shape index (κ3) is 8.85. The predicted octanol–water partition coefficient (Wildman–Crippen LogP) is 2.06. The van der Waals surface area contributed by atoms with Gasteiger partial charge in [-0.05, 0) is 27.1 Å². The third-order valence-electron chi connectivity index (χ3n) is 2.13. The van der Waals surface area contributed by atoms with Crippen molar-refractivity contribution >= 4 is 11.8 Å². The van der Waals surface area contributed by atoms with Crippen LogP contribution in [0.1, 0.15) is 26.7 Å². The second kappa shape index (κ2) is 9.81. The van der Waals surface area contributed by atoms with Crippen LogP contribution in [0.5, 0.6) is 0 Å². The van der Waals surface area contributed by atoms with Crippen molar-refractivity contribution in [2.75, 3.05) is 38.7 Å². The molecule has 0 aromatic carbocycles. The van der Waals surface area contributed by atoms with E-state index in [9.17, 15) is 0 Å². The van der Waals surface area contributed by atoms with Crippen molar-refractivity contribution in [3.8, 4) is 0 Å². The van der Waals surface area contributed by atoms with E-state index < -0.39 is 0 Å². The van der Waals surface area contributed by atoms with Crippen LogP contribution in [0.3, 0.4) is 0 Å². The van der Waals surface area contributed by atoms with E-state index >= 15 is 0 Å². The fraction of sp³-hybridized carbons (Fsp3) is 1.00. The van der Waals surface area contributed by atoms with Gasteiger partial charge in [-0.3, -0.25) is 0 Å². The zero-order valence-electron chi connectivity index (χ0n) is 10.2. The number of nitrogens with zero attached hydrogens (tertiary/aromatic N) is 1. The lowest BCUT2D eigenvalue weighted by molar-refractivity contribution is 0.437. The average Bonchev–Trinajstić information content (AvgIpc) is 2.12. The highest BCUT2D eigenvalue weighted by atomic mass is 32.2. The third-order valence-corrected chi connectivity index (χ3v) is 3.24. The Kier molecular flexibility index (Phi) is 10.0. The zero-order chi connectivity index (χ0) is 10.8. The number of thioether (sulfide) groups is 1. The van der Waals surface area contributed by atoms with Crippen LogP contribution in [0.15, 0.2) is 0 Å². The van der Waals surface area contributed by atoms with Crippen molar-refractivity contribution in [2.45, 2.75) is 32.7 Å². The molecule has 14 heavy (non-hydrogen) atoms. The Bertz CT molecular complexity index is 112. The summed E-state index contributed by atoms with van der Waals surface area (Å²) in [4.78, 5) is 2.25. The van der Waals surface area contributed by atoms with E-state index in [-0.39, 0.29) is 0 Å². The van der Waals surface area contributed by atoms with E-state index in [1.807, 2.05) is 0 Å². The maximum Gasteiger partial charge on any atom is 0.0158 e. The SMILES string of the molecule is CCCC(CSCCN(C)C)NCC. The summed E-state index contributed by atoms with van der Waals surface area (Å²) in [6, 6.07) is 0.720. The first-order valence-corrected chi connectivity index (χ1v) is 6.82. The minimum absolute atomic E-state index is 0.720. The van der Waals surface area contributed by atoms with Gasteiger partial charge in [-0.2, -0.15) is 11.8 Å². The van der Waals surface area contributed by atoms with Crippen LogP contribution in [0, 0.1) is 0 Å². The Morgan fingerprint density at radius 2 is 2.00 bits per heavy atom. The highest BCUT2D eigenvalue weighted by Crippen LogP contribution is 2.07. The molecule has 0 heterocycles. The first-order chi connectivity index (χ1) is 6.70. The van der Waals surface area contributed by atoms with Crippen LogP contribution >= 0.6 is 11.8 Å². The van der Waals surface area contributed by atoms with Crippen molar-refractivity contribution in [2.24, 2.45) is 0 Å². The number of rotatable bonds is 9. The van der Waals surface area contributed by atoms with Crippen LogP contribution < -0.4 is 5.32 Å². The highest BCUT2D eigenvalue weighted by molar-refractivity contribution is 7.99. The van der Waals surface area contributed by atoms with Crippen LogP contribution in [0.25, 0.3) is 0 Å². The molecule has 86 valence electrons. The Labute approximate surface area is 93.8 Å². The standard InChI is InChI=1S/C11H26N2S/c1-5-7-11(12-6-2)10-14-9-8-13(3)4/h11-12H,5-10H2,1-4H3. The predicted molar refractivity (Wildman–Crippen MR) is 68.3 cm³/mol. The molecule has 0 bridgehead atoms. The Hall–Kier alpha value is 0.270. The molecule has 0 saturated carbocycles. The van der Waals surface area contributed by atoms with Crippen LogP contribution in [-0.2, 0) is 0 Å². The van der Waals surface area contributed by atoms with E-state index in [1.165, 1.54) is 30.9 Å². The topological polar surface area (TPSA) is 15.3 Å². The first kappa shape index (κ1) is 14.3. The quantitative estimate of drug-likeness (QED) is 0.596. The molecule has 0 fully saturated rings. The molecule has 0 aromatic rings. The van der Waals surface area contributed by atoms with Gasteiger partial charge in [-0.1, -0.05) is 20.3 Å². The molecule has 1 unspecified atom stereocenters. The molecule has 0 spiro atoms. The number of nitrogens with one attached hydrogen (secondary N) is 1. The van der Waals surface area contributed by atoms with Gasteiger partial charge in [0.25, 0.3) is 0 Å². The van der Waals surface area contributed by atoms with Crippen LogP contribution in [-0.4, -0.2) is 49.6 Å². The van der Waals surface area contributed by atoms with E-state index in [0.29, 0.717) is 0 Å². The lowest BCUT2D eigenvalue weighted by Crippen LogP contribution is -2.31. The molecule has 1 atom stereocenters. The summed E-state index contributed by atoms with van der Waals surface area (Å²) in [6.45, 7) is 6.73. The Morgan fingerprint density at radius 1 is 1.29 bits per heavy atom. The summed E-state index contributed by atoms with van der Waals surface area (Å²) in [5.41, 5.74) is 0. The molecular weight excluding hydrogens is 192 g/mol. The minimum atomic E-state index is 0.720. The van der Waals surface area contributed by atoms with Crippen LogP contribution in [0.2, 0.25) is 0 Å². The summed E-state index contributed by atoms with van der Waals surface area (Å²) in [7, 11) is 4.27. The van der Waals surface area contributed by atoms with E-state index in [1.54, 1.807) is 0 Å². The van der Waals surface area contributed by atoms with Gasteiger partial charge in [0.05, 0.1) is 0 Å². The monoisotopic (exact) mass is 218 g/mol. The van der Waals surface area contributed by atoms with Gasteiger partial charge in [-0.25, -0.2) is 0 Å². The van der Waals surface area contributed by atoms with Crippen molar-refractivity contribution in [1.29, 1.82) is 0 Å². The van der Waals surface area contributed by atoms with E-state index in [0.717, 1.165) is 12.6 Å². The van der Waals surface area contributed by atoms with Gasteiger partial charge in [0.1, 0.15) is 0 Å². The molecule has 0 saturated heterocycles. The molecule has 0 aliphatic heterocycles. The first-order valence-electron chi connectivity index (χ1n) is 5.66. The normalized spacial score (nSPS) is 13.5. The number of hydrogen-bond donors (Lipinski definition) is 1. The maximum atomic E-state index is 3.54. The largest absolute Gasteiger partial charge is 0.313 e. The summed E-state index contributed by atoms with van der Waals surface area (Å²) >= 11 is 2.07. The van der Waals surface area contributed by atoms with Crippen molar-refractivity contribution in [1.82, 2.24) is 10.2 Å². The lowest BCUT2D eigenvalue weighted by Gasteiger charge is -2.17. The summed E-state index contributed by atoms with van der Waals surface area (Å²) in [5, 5.41) is 3.54. The molecule has 0 aromatic heterocycles. The fourth-order valence-corrected chi connectivity index (χ4v) is 2.58. The van der Waals surface area contributed by atoms with Gasteiger partial charge >= 0.3 is 0 Å². The molecule has 3 heteroatoms. The molecule has 0 aliphatic rings. The summed E-state index contributed by atoms with van der Waals surface area (Å²) in [5.74, 6) is 2.51. The molecule has 0 aliphatic carbocycles. The van der Waals surface area contributed by atoms with Crippen molar-refractivity contribution in [3.05, 3.63) is 0 Å². The molecule has 0 amide bonds. The van der Waals surface area contributed by atoms with Crippen LogP contribution in [0.4, 0.5) is 0 Å². The average molecular weight is 218 g/mol. The second-order valence-corrected chi connectivity index (χ2v) is 5.07. The molecule has 0 radical (unpaired) electrons. The lowest BCUT2D eigenvalue weighted by atomic mass is 10.2. The molecular formula is C11H26N2S. The van der Waals surface area contributed by atoms with E-state index in [2.05, 4.69) is 49.9 Å². The smallest absolute Gasteiger partial charge is 0.0158 e. The highest BCUT2D eigenvalue weighted by Gasteiger charge is 2.05. The number of hydrogen-bond acceptors (Lipinski definition) is 3. The van der Waals surface area contributed by atoms with E-state index in [4.69, 9.17) is 0 Å². The zero-order valence-corrected chi connectivity index (χ0v) is 11.0. The van der Waals surface area contributed by atoms with Gasteiger partial charge in [0.15, 0.2) is 0 Å². The van der Waals surface area contributed by atoms with Gasteiger partial charge in [-0.15, -0.1) is 0 Å². The van der Waals surface area contributed by atoms with Crippen molar-refractivity contribution in [3.63, 3.8) is 0 Å². The van der Waals surface area contributed by atoms with Gasteiger partial charge < -0.3 is 10.2 Å². The van der Waals surface area contributed by atoms with Gasteiger partial charge in [0, 0.05) is 24.1 Å². The Balaban J connectivity index is 3.40. The summed E-state index contributed by atoms with van der Waals surface area (Å²) in [6.07, 6.45) is 2.59.